The number of amides is 1. The number of alkyl halides is 3. The maximum absolute atomic E-state index is 13.2. The largest absolute Gasteiger partial charge is 0.416 e. The molecule has 1 atom stereocenters. The molecule has 0 bridgehead atoms. The molecule has 1 N–H and O–H groups in total. The molecule has 0 aliphatic rings. The molecule has 1 amide bonds. The fourth-order valence-electron chi connectivity index (χ4n) is 2.55. The second-order valence-corrected chi connectivity index (χ2v) is 8.31. The number of sulfone groups is 1. The number of benzene rings is 1. The summed E-state index contributed by atoms with van der Waals surface area (Å²) in [6, 6.07) is 2.75. The summed E-state index contributed by atoms with van der Waals surface area (Å²) in [6.07, 6.45) is 0.0977. The number of hydrogen-bond donors (Lipinski definition) is 1. The summed E-state index contributed by atoms with van der Waals surface area (Å²) >= 11 is 0. The Bertz CT molecular complexity index is 1180. The number of nitrogens with one attached hydrogen (secondary N) is 1. The Morgan fingerprint density at radius 2 is 1.80 bits per heavy atom. The van der Waals surface area contributed by atoms with E-state index in [1.165, 1.54) is 30.3 Å². The summed E-state index contributed by atoms with van der Waals surface area (Å²) in [7, 11) is -3.98. The van der Waals surface area contributed by atoms with Crippen molar-refractivity contribution in [3.63, 3.8) is 0 Å². The lowest BCUT2D eigenvalue weighted by Crippen LogP contribution is -2.29. The first-order valence-electron chi connectivity index (χ1n) is 8.37. The van der Waals surface area contributed by atoms with E-state index in [-0.39, 0.29) is 11.8 Å². The molecule has 158 valence electrons. The van der Waals surface area contributed by atoms with Crippen LogP contribution in [0.4, 0.5) is 13.2 Å². The predicted molar refractivity (Wildman–Crippen MR) is 97.4 cm³/mol. The summed E-state index contributed by atoms with van der Waals surface area (Å²) in [5, 5.41) is 6.47. The van der Waals surface area contributed by atoms with Crippen LogP contribution in [-0.4, -0.2) is 45.3 Å². The smallest absolute Gasteiger partial charge is 0.342 e. The Hall–Kier alpha value is -3.35. The van der Waals surface area contributed by atoms with Crippen LogP contribution in [0.1, 0.15) is 34.7 Å². The van der Waals surface area contributed by atoms with Crippen LogP contribution in [0.2, 0.25) is 0 Å². The number of carbonyl (C=O) groups is 1. The Labute approximate surface area is 168 Å². The highest BCUT2D eigenvalue weighted by Crippen LogP contribution is 2.32. The minimum absolute atomic E-state index is 0.185. The van der Waals surface area contributed by atoms with Gasteiger partial charge in [-0.05, 0) is 31.2 Å². The van der Waals surface area contributed by atoms with E-state index in [0.717, 1.165) is 12.3 Å². The van der Waals surface area contributed by atoms with Gasteiger partial charge in [0.05, 0.1) is 16.5 Å². The Morgan fingerprint density at radius 1 is 1.13 bits per heavy atom. The molecule has 0 saturated carbocycles. The normalized spacial score (nSPS) is 13.1. The van der Waals surface area contributed by atoms with Gasteiger partial charge < -0.3 is 5.32 Å². The van der Waals surface area contributed by atoms with E-state index < -0.39 is 44.0 Å². The Balaban J connectivity index is 1.93. The maximum atomic E-state index is 13.2. The van der Waals surface area contributed by atoms with Crippen LogP contribution in [-0.2, 0) is 16.0 Å². The highest BCUT2D eigenvalue weighted by atomic mass is 32.2. The fraction of sp³-hybridized carbons (Fsp3) is 0.235. The number of carbonyl (C=O) groups excluding carboxylic acids is 1. The van der Waals surface area contributed by atoms with Crippen LogP contribution in [0.5, 0.6) is 0 Å². The molecule has 1 aromatic carbocycles. The zero-order valence-corrected chi connectivity index (χ0v) is 16.4. The third-order valence-electron chi connectivity index (χ3n) is 3.97. The predicted octanol–water partition coefficient (Wildman–Crippen LogP) is 1.97. The van der Waals surface area contributed by atoms with E-state index in [1.807, 2.05) is 0 Å². The van der Waals surface area contributed by atoms with Gasteiger partial charge in [0.1, 0.15) is 6.33 Å². The van der Waals surface area contributed by atoms with Crippen LogP contribution < -0.4 is 5.32 Å². The highest BCUT2D eigenvalue weighted by Gasteiger charge is 2.33. The molecule has 2 aromatic heterocycles. The third kappa shape index (κ3) is 4.62. The van der Waals surface area contributed by atoms with E-state index in [0.29, 0.717) is 12.1 Å². The van der Waals surface area contributed by atoms with Gasteiger partial charge in [-0.25, -0.2) is 23.4 Å². The third-order valence-corrected chi connectivity index (χ3v) is 5.07. The van der Waals surface area contributed by atoms with E-state index in [1.54, 1.807) is 6.07 Å². The minimum Gasteiger partial charge on any atom is -0.342 e. The molecule has 9 nitrogen and oxygen atoms in total. The van der Waals surface area contributed by atoms with Gasteiger partial charge in [0.2, 0.25) is 0 Å². The topological polar surface area (TPSA) is 120 Å². The average Bonchev–Trinajstić information content (AvgIpc) is 3.17. The number of aromatic nitrogens is 5. The van der Waals surface area contributed by atoms with Gasteiger partial charge in [-0.15, -0.1) is 0 Å². The van der Waals surface area contributed by atoms with Crippen LogP contribution in [0, 0.1) is 0 Å². The minimum atomic E-state index is -4.83. The summed E-state index contributed by atoms with van der Waals surface area (Å²) in [6.45, 7) is 1.53. The quantitative estimate of drug-likeness (QED) is 0.644. The molecule has 0 aliphatic carbocycles. The summed E-state index contributed by atoms with van der Waals surface area (Å²) in [5.74, 6) is -0.503. The summed E-state index contributed by atoms with van der Waals surface area (Å²) < 4.78 is 64.3. The number of rotatable bonds is 5. The molecule has 0 radical (unpaired) electrons. The molecule has 13 heteroatoms. The van der Waals surface area contributed by atoms with Crippen molar-refractivity contribution in [1.29, 1.82) is 0 Å². The molecule has 0 fully saturated rings. The first kappa shape index (κ1) is 21.4. The van der Waals surface area contributed by atoms with Crippen LogP contribution in [0.15, 0.2) is 47.9 Å². The van der Waals surface area contributed by atoms with Gasteiger partial charge >= 0.3 is 6.18 Å². The van der Waals surface area contributed by atoms with Crippen molar-refractivity contribution >= 4 is 15.7 Å². The lowest BCUT2D eigenvalue weighted by molar-refractivity contribution is -0.137. The molecule has 3 aromatic rings. The van der Waals surface area contributed by atoms with E-state index >= 15 is 0 Å². The van der Waals surface area contributed by atoms with Crippen molar-refractivity contribution in [2.75, 3.05) is 6.26 Å². The number of halogens is 3. The zero-order valence-electron chi connectivity index (χ0n) is 15.6. The van der Waals surface area contributed by atoms with Crippen molar-refractivity contribution in [2.24, 2.45) is 0 Å². The standard InChI is InChI=1S/C17H15F3N6O3S/c1-10(14-23-9-24-26(14)16-21-4-3-5-22-16)25-15(27)11-6-12(17(18,19)20)8-13(7-11)30(2,28)29/h3-10H,1-2H3,(H,25,27). The van der Waals surface area contributed by atoms with Gasteiger partial charge in [-0.3, -0.25) is 4.79 Å². The van der Waals surface area contributed by atoms with Gasteiger partial charge in [-0.1, -0.05) is 0 Å². The summed E-state index contributed by atoms with van der Waals surface area (Å²) in [4.78, 5) is 24.1. The average molecular weight is 440 g/mol. The van der Waals surface area contributed by atoms with Crippen LogP contribution in [0.25, 0.3) is 5.95 Å². The maximum Gasteiger partial charge on any atom is 0.416 e. The highest BCUT2D eigenvalue weighted by molar-refractivity contribution is 7.90. The van der Waals surface area contributed by atoms with Gasteiger partial charge in [-0.2, -0.15) is 23.0 Å². The van der Waals surface area contributed by atoms with Crippen molar-refractivity contribution in [1.82, 2.24) is 30.0 Å². The fourth-order valence-corrected chi connectivity index (χ4v) is 3.23. The molecule has 0 spiro atoms. The van der Waals surface area contributed by atoms with Gasteiger partial charge in [0, 0.05) is 24.2 Å². The first-order valence-corrected chi connectivity index (χ1v) is 10.3. The van der Waals surface area contributed by atoms with Gasteiger partial charge in [0.25, 0.3) is 11.9 Å². The number of nitrogens with zero attached hydrogens (tertiary/aromatic N) is 5. The SMILES string of the molecule is CC(NC(=O)c1cc(C(F)(F)F)cc(S(C)(=O)=O)c1)c1ncnn1-c1ncccn1. The second-order valence-electron chi connectivity index (χ2n) is 6.29. The van der Waals surface area contributed by atoms with Crippen molar-refractivity contribution in [3.05, 3.63) is 59.9 Å². The zero-order chi connectivity index (χ0) is 22.1. The molecular weight excluding hydrogens is 425 g/mol. The molecular formula is C17H15F3N6O3S. The molecule has 0 aliphatic heterocycles. The molecule has 30 heavy (non-hydrogen) atoms. The van der Waals surface area contributed by atoms with Crippen LogP contribution >= 0.6 is 0 Å². The van der Waals surface area contributed by atoms with Crippen molar-refractivity contribution in [2.45, 2.75) is 24.0 Å². The van der Waals surface area contributed by atoms with Crippen molar-refractivity contribution < 1.29 is 26.4 Å². The second kappa shape index (κ2) is 7.82. The van der Waals surface area contributed by atoms with E-state index in [9.17, 15) is 26.4 Å². The van der Waals surface area contributed by atoms with Crippen LogP contribution in [0.3, 0.4) is 0 Å². The number of hydrogen-bond acceptors (Lipinski definition) is 7. The Kier molecular flexibility index (Phi) is 5.57. The monoisotopic (exact) mass is 440 g/mol. The summed E-state index contributed by atoms with van der Waals surface area (Å²) in [5.41, 5.74) is -1.71. The molecule has 2 heterocycles. The molecule has 1 unspecified atom stereocenters. The van der Waals surface area contributed by atoms with Gasteiger partial charge in [0.15, 0.2) is 15.7 Å². The molecule has 0 saturated heterocycles. The lowest BCUT2D eigenvalue weighted by Gasteiger charge is -2.15. The Morgan fingerprint density at radius 3 is 2.40 bits per heavy atom. The first-order chi connectivity index (χ1) is 14.0. The van der Waals surface area contributed by atoms with Crippen molar-refractivity contribution in [3.8, 4) is 5.95 Å². The molecule has 3 rings (SSSR count). The van der Waals surface area contributed by atoms with E-state index in [2.05, 4.69) is 25.4 Å². The lowest BCUT2D eigenvalue weighted by atomic mass is 10.1. The van der Waals surface area contributed by atoms with E-state index in [4.69, 9.17) is 0 Å².